The molecule has 0 saturated heterocycles. The Bertz CT molecular complexity index is 505. The van der Waals surface area contributed by atoms with Crippen LogP contribution < -0.4 is 16.4 Å². The van der Waals surface area contributed by atoms with E-state index in [4.69, 9.17) is 5.73 Å². The highest BCUT2D eigenvalue weighted by molar-refractivity contribution is 5.90. The molecule has 1 fully saturated rings. The van der Waals surface area contributed by atoms with Crippen LogP contribution in [0.3, 0.4) is 0 Å². The van der Waals surface area contributed by atoms with Crippen molar-refractivity contribution < 1.29 is 13.6 Å². The highest BCUT2D eigenvalue weighted by Crippen LogP contribution is 2.37. The second-order valence-electron chi connectivity index (χ2n) is 5.20. The molecule has 1 aromatic rings. The summed E-state index contributed by atoms with van der Waals surface area (Å²) in [6.07, 6.45) is 0.930. The number of benzene rings is 1. The second-order valence-corrected chi connectivity index (χ2v) is 5.20. The molecule has 2 atom stereocenters. The van der Waals surface area contributed by atoms with Gasteiger partial charge in [-0.05, 0) is 24.3 Å². The van der Waals surface area contributed by atoms with Crippen LogP contribution in [0.25, 0.3) is 0 Å². The molecule has 1 aromatic carbocycles. The fraction of sp³-hybridized carbons (Fsp3) is 0.462. The number of nitrogens with two attached hydrogens (primary N) is 1. The Morgan fingerprint density at radius 1 is 1.37 bits per heavy atom. The van der Waals surface area contributed by atoms with Gasteiger partial charge in [-0.1, -0.05) is 13.8 Å². The normalized spacial score (nSPS) is 21.3. The molecule has 0 aromatic heterocycles. The summed E-state index contributed by atoms with van der Waals surface area (Å²) in [4.78, 5) is 11.7. The summed E-state index contributed by atoms with van der Waals surface area (Å²) in [6.45, 7) is 4.18. The third-order valence-electron chi connectivity index (χ3n) is 3.35. The lowest BCUT2D eigenvalue weighted by Gasteiger charge is -2.10. The molecule has 1 aliphatic rings. The molecular weight excluding hydrogens is 252 g/mol. The van der Waals surface area contributed by atoms with Crippen LogP contribution in [0.5, 0.6) is 0 Å². The molecule has 2 rings (SSSR count). The monoisotopic (exact) mass is 269 g/mol. The molecule has 4 N–H and O–H groups in total. The van der Waals surface area contributed by atoms with Gasteiger partial charge in [-0.25, -0.2) is 13.6 Å². The summed E-state index contributed by atoms with van der Waals surface area (Å²) in [5, 5.41) is 5.08. The van der Waals surface area contributed by atoms with Crippen LogP contribution in [-0.2, 0) is 0 Å². The van der Waals surface area contributed by atoms with Crippen molar-refractivity contribution in [3.63, 3.8) is 0 Å². The lowest BCUT2D eigenvalue weighted by molar-refractivity contribution is 0.250. The number of hydrogen-bond donors (Lipinski definition) is 3. The molecule has 2 amide bonds. The average molecular weight is 269 g/mol. The van der Waals surface area contributed by atoms with E-state index in [1.165, 1.54) is 0 Å². The van der Waals surface area contributed by atoms with Crippen molar-refractivity contribution in [2.45, 2.75) is 26.3 Å². The minimum atomic E-state index is -0.849. The zero-order chi connectivity index (χ0) is 14.2. The number of nitrogens with one attached hydrogen (secondary N) is 2. The van der Waals surface area contributed by atoms with Crippen molar-refractivity contribution in [1.29, 1.82) is 0 Å². The molecule has 0 radical (unpaired) electrons. The predicted molar refractivity (Wildman–Crippen MR) is 69.7 cm³/mol. The molecule has 0 aliphatic heterocycles. The van der Waals surface area contributed by atoms with E-state index < -0.39 is 17.7 Å². The zero-order valence-corrected chi connectivity index (χ0v) is 10.8. The predicted octanol–water partition coefficient (Wildman–Crippen LogP) is 2.71. The molecular formula is C13H17F2N3O. The molecule has 0 bridgehead atoms. The first kappa shape index (κ1) is 13.6. The third-order valence-corrected chi connectivity index (χ3v) is 3.35. The Balaban J connectivity index is 1.95. The number of halogens is 2. The van der Waals surface area contributed by atoms with E-state index in [2.05, 4.69) is 24.5 Å². The van der Waals surface area contributed by atoms with E-state index in [9.17, 15) is 13.6 Å². The molecule has 19 heavy (non-hydrogen) atoms. The van der Waals surface area contributed by atoms with Crippen molar-refractivity contribution in [2.75, 3.05) is 11.1 Å². The first-order chi connectivity index (χ1) is 8.88. The van der Waals surface area contributed by atoms with Gasteiger partial charge in [0.2, 0.25) is 0 Å². The van der Waals surface area contributed by atoms with E-state index in [1.54, 1.807) is 0 Å². The Morgan fingerprint density at radius 2 is 2.05 bits per heavy atom. The molecule has 6 heteroatoms. The second kappa shape index (κ2) is 5.03. The molecule has 104 valence electrons. The van der Waals surface area contributed by atoms with E-state index in [0.29, 0.717) is 17.9 Å². The summed E-state index contributed by atoms with van der Waals surface area (Å²) in [7, 11) is 0. The smallest absolute Gasteiger partial charge is 0.319 e. The fourth-order valence-electron chi connectivity index (χ4n) is 2.11. The number of carbonyl (C=O) groups is 1. The first-order valence-corrected chi connectivity index (χ1v) is 6.20. The number of nitrogen functional groups attached to an aromatic ring is 1. The van der Waals surface area contributed by atoms with Gasteiger partial charge in [0.05, 0.1) is 11.4 Å². The standard InChI is InChI=1S/C13H17F2N3O/c1-6(2)7-3-11(7)17-13(19)18-12-5-10(16)8(14)4-9(12)15/h4-7,11H,3,16H2,1-2H3,(H2,17,18,19). The zero-order valence-electron chi connectivity index (χ0n) is 10.8. The van der Waals surface area contributed by atoms with Crippen molar-refractivity contribution in [3.8, 4) is 0 Å². The summed E-state index contributed by atoms with van der Waals surface area (Å²) in [6, 6.07) is 1.34. The highest BCUT2D eigenvalue weighted by atomic mass is 19.1. The van der Waals surface area contributed by atoms with Crippen molar-refractivity contribution in [1.82, 2.24) is 5.32 Å². The number of urea groups is 1. The molecule has 0 heterocycles. The highest BCUT2D eigenvalue weighted by Gasteiger charge is 2.40. The van der Waals surface area contributed by atoms with Crippen LogP contribution in [0.2, 0.25) is 0 Å². The van der Waals surface area contributed by atoms with Crippen LogP contribution in [0.15, 0.2) is 12.1 Å². The summed E-state index contributed by atoms with van der Waals surface area (Å²) in [5.74, 6) is -0.721. The fourth-order valence-corrected chi connectivity index (χ4v) is 2.11. The minimum Gasteiger partial charge on any atom is -0.396 e. The Morgan fingerprint density at radius 3 is 2.63 bits per heavy atom. The van der Waals surface area contributed by atoms with Gasteiger partial charge in [-0.15, -0.1) is 0 Å². The van der Waals surface area contributed by atoms with Gasteiger partial charge in [0.1, 0.15) is 11.6 Å². The number of carbonyl (C=O) groups excluding carboxylic acids is 1. The Hall–Kier alpha value is -1.85. The van der Waals surface area contributed by atoms with E-state index in [-0.39, 0.29) is 17.4 Å². The van der Waals surface area contributed by atoms with Gasteiger partial charge in [-0.2, -0.15) is 0 Å². The summed E-state index contributed by atoms with van der Waals surface area (Å²) < 4.78 is 26.4. The van der Waals surface area contributed by atoms with Gasteiger partial charge in [0.15, 0.2) is 0 Å². The maximum Gasteiger partial charge on any atom is 0.319 e. The molecule has 1 aliphatic carbocycles. The number of hydrogen-bond acceptors (Lipinski definition) is 2. The molecule has 4 nitrogen and oxygen atoms in total. The van der Waals surface area contributed by atoms with Crippen LogP contribution >= 0.6 is 0 Å². The number of rotatable bonds is 3. The van der Waals surface area contributed by atoms with E-state index >= 15 is 0 Å². The van der Waals surface area contributed by atoms with E-state index in [0.717, 1.165) is 12.5 Å². The first-order valence-electron chi connectivity index (χ1n) is 6.20. The van der Waals surface area contributed by atoms with Gasteiger partial charge >= 0.3 is 6.03 Å². The summed E-state index contributed by atoms with van der Waals surface area (Å²) >= 11 is 0. The maximum atomic E-state index is 13.4. The maximum absolute atomic E-state index is 13.4. The van der Waals surface area contributed by atoms with Gasteiger partial charge in [0.25, 0.3) is 0 Å². The van der Waals surface area contributed by atoms with Gasteiger partial charge < -0.3 is 16.4 Å². The number of amides is 2. The SMILES string of the molecule is CC(C)C1CC1NC(=O)Nc1cc(N)c(F)cc1F. The Labute approximate surface area is 110 Å². The quantitative estimate of drug-likeness (QED) is 0.738. The van der Waals surface area contributed by atoms with Crippen LogP contribution in [0, 0.1) is 23.5 Å². The lowest BCUT2D eigenvalue weighted by atomic mass is 10.1. The van der Waals surface area contributed by atoms with Gasteiger partial charge in [-0.3, -0.25) is 0 Å². The minimum absolute atomic E-state index is 0.126. The van der Waals surface area contributed by atoms with Crippen LogP contribution in [0.4, 0.5) is 25.0 Å². The van der Waals surface area contributed by atoms with Crippen molar-refractivity contribution in [3.05, 3.63) is 23.8 Å². The van der Waals surface area contributed by atoms with Gasteiger partial charge in [0, 0.05) is 12.1 Å². The van der Waals surface area contributed by atoms with Crippen molar-refractivity contribution >= 4 is 17.4 Å². The van der Waals surface area contributed by atoms with E-state index in [1.807, 2.05) is 0 Å². The Kier molecular flexibility index (Phi) is 3.59. The molecule has 1 saturated carbocycles. The molecule has 2 unspecified atom stereocenters. The topological polar surface area (TPSA) is 67.2 Å². The van der Waals surface area contributed by atoms with Crippen molar-refractivity contribution in [2.24, 2.45) is 11.8 Å². The largest absolute Gasteiger partial charge is 0.396 e. The molecule has 0 spiro atoms. The number of anilines is 2. The van der Waals surface area contributed by atoms with Crippen LogP contribution in [-0.4, -0.2) is 12.1 Å². The average Bonchev–Trinajstić information content (AvgIpc) is 3.05. The lowest BCUT2D eigenvalue weighted by Crippen LogP contribution is -2.32. The third kappa shape index (κ3) is 3.13. The summed E-state index contributed by atoms with van der Waals surface area (Å²) in [5.41, 5.74) is 5.00. The van der Waals surface area contributed by atoms with Crippen LogP contribution in [0.1, 0.15) is 20.3 Å².